The summed E-state index contributed by atoms with van der Waals surface area (Å²) in [6.45, 7) is 0.134. The molecule has 2 aromatic carbocycles. The Morgan fingerprint density at radius 2 is 1.74 bits per heavy atom. The Kier molecular flexibility index (Phi) is 5.98. The fourth-order valence-electron chi connectivity index (χ4n) is 4.88. The Bertz CT molecular complexity index is 1210. The number of carboxylic acids is 1. The van der Waals surface area contributed by atoms with E-state index in [4.69, 9.17) is 4.74 Å². The predicted octanol–water partition coefficient (Wildman–Crippen LogP) is 2.98. The highest BCUT2D eigenvalue weighted by molar-refractivity contribution is 5.93. The molecule has 2 aliphatic carbocycles. The Morgan fingerprint density at radius 3 is 2.29 bits per heavy atom. The molecule has 1 aromatic heterocycles. The van der Waals surface area contributed by atoms with Crippen molar-refractivity contribution < 1.29 is 24.2 Å². The number of ether oxygens (including phenoxy) is 1. The summed E-state index contributed by atoms with van der Waals surface area (Å²) < 4.78 is 5.60. The molecule has 2 amide bonds. The monoisotopic (exact) mass is 474 g/mol. The van der Waals surface area contributed by atoms with Gasteiger partial charge in [-0.25, -0.2) is 14.6 Å². The number of aromatic nitrogens is 2. The quantitative estimate of drug-likeness (QED) is 0.397. The summed E-state index contributed by atoms with van der Waals surface area (Å²) >= 11 is 0. The van der Waals surface area contributed by atoms with Gasteiger partial charge in [-0.1, -0.05) is 48.5 Å². The molecule has 3 aromatic rings. The molecule has 35 heavy (non-hydrogen) atoms. The summed E-state index contributed by atoms with van der Waals surface area (Å²) in [7, 11) is 0. The van der Waals surface area contributed by atoms with Crippen LogP contribution in [-0.4, -0.2) is 51.2 Å². The molecule has 9 nitrogen and oxygen atoms in total. The zero-order chi connectivity index (χ0) is 24.4. The van der Waals surface area contributed by atoms with E-state index in [-0.39, 0.29) is 18.9 Å². The van der Waals surface area contributed by atoms with Crippen LogP contribution in [0, 0.1) is 0 Å². The van der Waals surface area contributed by atoms with Crippen LogP contribution in [0.2, 0.25) is 0 Å². The molecule has 0 spiro atoms. The summed E-state index contributed by atoms with van der Waals surface area (Å²) in [6, 6.07) is 14.9. The molecular weight excluding hydrogens is 448 g/mol. The molecule has 9 heteroatoms. The standard InChI is InChI=1S/C26H26N4O5/c31-23(32)22(12-16-13-27-15-28-16)29-24(33)26(10-5-11-26)30-25(34)35-14-21-19-8-3-1-6-17(19)18-7-2-4-9-20(18)21/h1-4,6-9,13,15,21-22H,5,10-12,14H2,(H,27,28)(H,29,33)(H,30,34)(H,31,32)/t22-/m1/s1. The van der Waals surface area contributed by atoms with Crippen LogP contribution in [0.1, 0.15) is 42.0 Å². The van der Waals surface area contributed by atoms with Crippen molar-refractivity contribution >= 4 is 18.0 Å². The number of rotatable bonds is 8. The maximum atomic E-state index is 13.0. The molecule has 1 saturated carbocycles. The van der Waals surface area contributed by atoms with Crippen molar-refractivity contribution in [3.05, 3.63) is 77.9 Å². The van der Waals surface area contributed by atoms with Gasteiger partial charge < -0.3 is 25.5 Å². The number of amides is 2. The zero-order valence-electron chi connectivity index (χ0n) is 19.0. The van der Waals surface area contributed by atoms with Gasteiger partial charge in [0.2, 0.25) is 5.91 Å². The molecular formula is C26H26N4O5. The summed E-state index contributed by atoms with van der Waals surface area (Å²) in [5.74, 6) is -1.78. The third-order valence-electron chi connectivity index (χ3n) is 6.91. The van der Waals surface area contributed by atoms with Gasteiger partial charge in [0.1, 0.15) is 18.2 Å². The van der Waals surface area contributed by atoms with E-state index in [2.05, 4.69) is 32.7 Å². The van der Waals surface area contributed by atoms with Crippen molar-refractivity contribution in [1.82, 2.24) is 20.6 Å². The summed E-state index contributed by atoms with van der Waals surface area (Å²) in [4.78, 5) is 44.2. The Balaban J connectivity index is 1.23. The van der Waals surface area contributed by atoms with E-state index in [0.29, 0.717) is 18.5 Å². The first-order chi connectivity index (χ1) is 17.0. The maximum absolute atomic E-state index is 13.0. The lowest BCUT2D eigenvalue weighted by Gasteiger charge is -2.40. The largest absolute Gasteiger partial charge is 0.480 e. The molecule has 0 aliphatic heterocycles. The van der Waals surface area contributed by atoms with Gasteiger partial charge in [-0.3, -0.25) is 4.79 Å². The number of nitrogens with one attached hydrogen (secondary N) is 3. The lowest BCUT2D eigenvalue weighted by molar-refractivity contribution is -0.143. The number of fused-ring (bicyclic) bond motifs is 3. The number of carbonyl (C=O) groups excluding carboxylic acids is 2. The van der Waals surface area contributed by atoms with Crippen LogP contribution in [-0.2, 0) is 20.7 Å². The van der Waals surface area contributed by atoms with Crippen molar-refractivity contribution in [2.24, 2.45) is 0 Å². The number of aromatic amines is 1. The van der Waals surface area contributed by atoms with Gasteiger partial charge in [0.05, 0.1) is 6.33 Å². The molecule has 5 rings (SSSR count). The molecule has 0 saturated heterocycles. The first kappa shape index (κ1) is 22.6. The van der Waals surface area contributed by atoms with Crippen molar-refractivity contribution in [1.29, 1.82) is 0 Å². The van der Waals surface area contributed by atoms with Gasteiger partial charge in [0.15, 0.2) is 0 Å². The third-order valence-corrected chi connectivity index (χ3v) is 6.91. The molecule has 2 aliphatic rings. The Labute approximate surface area is 201 Å². The molecule has 180 valence electrons. The molecule has 1 heterocycles. The van der Waals surface area contributed by atoms with Crippen molar-refractivity contribution in [2.75, 3.05) is 6.61 Å². The second kappa shape index (κ2) is 9.25. The summed E-state index contributed by atoms with van der Waals surface area (Å²) in [5.41, 5.74) is 3.86. The summed E-state index contributed by atoms with van der Waals surface area (Å²) in [5, 5.41) is 14.9. The average Bonchev–Trinajstić information content (AvgIpc) is 3.45. The number of alkyl carbamates (subject to hydrolysis) is 1. The van der Waals surface area contributed by atoms with Crippen molar-refractivity contribution in [3.63, 3.8) is 0 Å². The van der Waals surface area contributed by atoms with Gasteiger partial charge in [-0.15, -0.1) is 0 Å². The van der Waals surface area contributed by atoms with Crippen LogP contribution in [0.15, 0.2) is 61.1 Å². The van der Waals surface area contributed by atoms with Crippen molar-refractivity contribution in [3.8, 4) is 11.1 Å². The van der Waals surface area contributed by atoms with Gasteiger partial charge in [-0.2, -0.15) is 0 Å². The molecule has 0 bridgehead atoms. The first-order valence-corrected chi connectivity index (χ1v) is 11.6. The number of benzene rings is 2. The first-order valence-electron chi connectivity index (χ1n) is 11.6. The fraction of sp³-hybridized carbons (Fsp3) is 0.308. The van der Waals surface area contributed by atoms with E-state index >= 15 is 0 Å². The number of aliphatic carboxylic acids is 1. The number of hydrogen-bond acceptors (Lipinski definition) is 5. The molecule has 1 atom stereocenters. The van der Waals surface area contributed by atoms with E-state index in [0.717, 1.165) is 28.7 Å². The fourth-order valence-corrected chi connectivity index (χ4v) is 4.88. The Hall–Kier alpha value is -4.14. The zero-order valence-corrected chi connectivity index (χ0v) is 19.0. The summed E-state index contributed by atoms with van der Waals surface area (Å²) in [6.07, 6.45) is 3.90. The smallest absolute Gasteiger partial charge is 0.408 e. The van der Waals surface area contributed by atoms with E-state index in [1.54, 1.807) is 0 Å². The molecule has 0 unspecified atom stereocenters. The van der Waals surface area contributed by atoms with E-state index < -0.39 is 29.6 Å². The van der Waals surface area contributed by atoms with Gasteiger partial charge in [0, 0.05) is 24.2 Å². The highest BCUT2D eigenvalue weighted by Crippen LogP contribution is 2.44. The van der Waals surface area contributed by atoms with E-state index in [1.807, 2.05) is 36.4 Å². The molecule has 0 radical (unpaired) electrons. The maximum Gasteiger partial charge on any atom is 0.408 e. The average molecular weight is 475 g/mol. The Morgan fingerprint density at radius 1 is 1.09 bits per heavy atom. The third kappa shape index (κ3) is 4.37. The second-order valence-corrected chi connectivity index (χ2v) is 9.03. The predicted molar refractivity (Wildman–Crippen MR) is 127 cm³/mol. The SMILES string of the molecule is O=C(NC1(C(=O)N[C@H](Cc2cnc[nH]2)C(=O)O)CCC1)OCC1c2ccccc2-c2ccccc21. The number of hydrogen-bond donors (Lipinski definition) is 4. The van der Waals surface area contributed by atoms with Gasteiger partial charge in [0.25, 0.3) is 0 Å². The number of imidazole rings is 1. The number of carboxylic acid groups (broad SMARTS) is 1. The van der Waals surface area contributed by atoms with E-state index in [1.165, 1.54) is 12.5 Å². The van der Waals surface area contributed by atoms with Crippen LogP contribution in [0.3, 0.4) is 0 Å². The molecule has 4 N–H and O–H groups in total. The van der Waals surface area contributed by atoms with Gasteiger partial charge >= 0.3 is 12.1 Å². The highest BCUT2D eigenvalue weighted by atomic mass is 16.5. The van der Waals surface area contributed by atoms with Crippen LogP contribution < -0.4 is 10.6 Å². The number of H-pyrrole nitrogens is 1. The lowest BCUT2D eigenvalue weighted by atomic mass is 9.76. The van der Waals surface area contributed by atoms with E-state index in [9.17, 15) is 19.5 Å². The number of nitrogens with zero attached hydrogens (tertiary/aromatic N) is 1. The van der Waals surface area contributed by atoms with Gasteiger partial charge in [-0.05, 0) is 41.5 Å². The van der Waals surface area contributed by atoms with Crippen LogP contribution in [0.5, 0.6) is 0 Å². The highest BCUT2D eigenvalue weighted by Gasteiger charge is 2.47. The lowest BCUT2D eigenvalue weighted by Crippen LogP contribution is -2.65. The minimum absolute atomic E-state index is 0.0576. The van der Waals surface area contributed by atoms with Crippen LogP contribution in [0.25, 0.3) is 11.1 Å². The molecule has 1 fully saturated rings. The minimum atomic E-state index is -1.18. The van der Waals surface area contributed by atoms with Crippen LogP contribution >= 0.6 is 0 Å². The van der Waals surface area contributed by atoms with Crippen LogP contribution in [0.4, 0.5) is 4.79 Å². The topological polar surface area (TPSA) is 133 Å². The van der Waals surface area contributed by atoms with Crippen molar-refractivity contribution in [2.45, 2.75) is 43.2 Å². The normalized spacial score (nSPS) is 16.3. The minimum Gasteiger partial charge on any atom is -0.480 e. The number of carbonyl (C=O) groups is 3. The second-order valence-electron chi connectivity index (χ2n) is 9.03.